The predicted molar refractivity (Wildman–Crippen MR) is 105 cm³/mol. The lowest BCUT2D eigenvalue weighted by atomic mass is 9.94. The van der Waals surface area contributed by atoms with Crippen LogP contribution in [-0.4, -0.2) is 17.3 Å². The molecule has 0 aliphatic heterocycles. The fraction of sp³-hybridized carbons (Fsp3) is 0.182. The van der Waals surface area contributed by atoms with Gasteiger partial charge < -0.3 is 15.0 Å². The Morgan fingerprint density at radius 2 is 1.93 bits per heavy atom. The fourth-order valence-corrected chi connectivity index (χ4v) is 3.32. The van der Waals surface area contributed by atoms with Crippen LogP contribution in [0, 0.1) is 0 Å². The maximum Gasteiger partial charge on any atom is 0.167 e. The van der Waals surface area contributed by atoms with Gasteiger partial charge in [-0.1, -0.05) is 41.6 Å². The van der Waals surface area contributed by atoms with Gasteiger partial charge in [0.2, 0.25) is 0 Å². The molecule has 0 unspecified atom stereocenters. The highest BCUT2D eigenvalue weighted by Crippen LogP contribution is 2.33. The molecule has 0 bridgehead atoms. The first kappa shape index (κ1) is 17.4. The fourth-order valence-electron chi connectivity index (χ4n) is 3.32. The Kier molecular flexibility index (Phi) is 4.96. The van der Waals surface area contributed by atoms with E-state index in [9.17, 15) is 0 Å². The molecule has 27 heavy (non-hydrogen) atoms. The summed E-state index contributed by atoms with van der Waals surface area (Å²) >= 11 is 0. The molecule has 2 heterocycles. The van der Waals surface area contributed by atoms with Crippen molar-refractivity contribution in [2.75, 3.05) is 7.11 Å². The van der Waals surface area contributed by atoms with Crippen LogP contribution in [-0.2, 0) is 17.8 Å². The van der Waals surface area contributed by atoms with Crippen LogP contribution in [0.15, 0.2) is 71.4 Å². The number of methoxy groups -OCH3 is 1. The molecule has 0 saturated heterocycles. The van der Waals surface area contributed by atoms with Gasteiger partial charge in [0.25, 0.3) is 0 Å². The number of fused-ring (bicyclic) bond motifs is 1. The largest absolute Gasteiger partial charge is 0.380 e. The van der Waals surface area contributed by atoms with E-state index in [4.69, 9.17) is 15.0 Å². The smallest absolute Gasteiger partial charge is 0.167 e. The monoisotopic (exact) mass is 359 g/mol. The van der Waals surface area contributed by atoms with Crippen LogP contribution in [0.4, 0.5) is 0 Å². The summed E-state index contributed by atoms with van der Waals surface area (Å²) in [5.41, 5.74) is 12.1. The number of nitrogens with zero attached hydrogens (tertiary/aromatic N) is 2. The quantitative estimate of drug-likeness (QED) is 0.556. The van der Waals surface area contributed by atoms with E-state index in [0.717, 1.165) is 39.0 Å². The number of benzene rings is 2. The highest BCUT2D eigenvalue weighted by Gasteiger charge is 2.18. The summed E-state index contributed by atoms with van der Waals surface area (Å²) in [4.78, 5) is 4.39. The average molecular weight is 359 g/mol. The van der Waals surface area contributed by atoms with Gasteiger partial charge in [-0.15, -0.1) is 0 Å². The zero-order chi connectivity index (χ0) is 18.6. The molecule has 0 saturated carbocycles. The van der Waals surface area contributed by atoms with Gasteiger partial charge >= 0.3 is 0 Å². The van der Waals surface area contributed by atoms with E-state index in [-0.39, 0.29) is 6.04 Å². The number of ether oxygens (including phenoxy) is 1. The summed E-state index contributed by atoms with van der Waals surface area (Å²) in [6.07, 6.45) is 2.45. The first-order valence-corrected chi connectivity index (χ1v) is 8.88. The topological polar surface area (TPSA) is 74.2 Å². The minimum Gasteiger partial charge on any atom is -0.380 e. The van der Waals surface area contributed by atoms with Crippen LogP contribution in [0.1, 0.15) is 22.9 Å². The molecule has 0 radical (unpaired) electrons. The highest BCUT2D eigenvalue weighted by molar-refractivity contribution is 5.92. The molecule has 2 N–H and O–H groups in total. The van der Waals surface area contributed by atoms with E-state index in [1.54, 1.807) is 13.3 Å². The molecule has 0 aliphatic carbocycles. The normalized spacial score (nSPS) is 12.4. The Morgan fingerprint density at radius 3 is 2.74 bits per heavy atom. The molecule has 0 spiro atoms. The summed E-state index contributed by atoms with van der Waals surface area (Å²) in [7, 11) is 1.68. The SMILES string of the molecule is COCc1ccc2c(-c3ccccc3[C@@H](N)Cc3ccccn3)noc2c1. The summed E-state index contributed by atoms with van der Waals surface area (Å²) in [5, 5.41) is 5.30. The number of pyridine rings is 1. The minimum absolute atomic E-state index is 0.185. The van der Waals surface area contributed by atoms with Crippen molar-refractivity contribution >= 4 is 11.0 Å². The van der Waals surface area contributed by atoms with Gasteiger partial charge in [0.1, 0.15) is 5.69 Å². The molecular weight excluding hydrogens is 338 g/mol. The minimum atomic E-state index is -0.185. The molecule has 5 heteroatoms. The molecule has 5 nitrogen and oxygen atoms in total. The van der Waals surface area contributed by atoms with E-state index in [0.29, 0.717) is 13.0 Å². The highest BCUT2D eigenvalue weighted by atomic mass is 16.5. The Hall–Kier alpha value is -3.02. The van der Waals surface area contributed by atoms with Crippen LogP contribution >= 0.6 is 0 Å². The van der Waals surface area contributed by atoms with Crippen molar-refractivity contribution in [3.8, 4) is 11.3 Å². The average Bonchev–Trinajstić information content (AvgIpc) is 3.12. The Bertz CT molecular complexity index is 1040. The molecule has 0 amide bonds. The lowest BCUT2D eigenvalue weighted by Crippen LogP contribution is -2.15. The molecular formula is C22H21N3O2. The van der Waals surface area contributed by atoms with Crippen LogP contribution in [0.2, 0.25) is 0 Å². The number of hydrogen-bond acceptors (Lipinski definition) is 5. The molecule has 2 aromatic carbocycles. The molecule has 4 aromatic rings. The lowest BCUT2D eigenvalue weighted by Gasteiger charge is -2.15. The summed E-state index contributed by atoms with van der Waals surface area (Å²) in [6, 6.07) is 19.8. The number of hydrogen-bond donors (Lipinski definition) is 1. The molecule has 0 aliphatic rings. The van der Waals surface area contributed by atoms with Crippen molar-refractivity contribution in [1.82, 2.24) is 10.1 Å². The second-order valence-corrected chi connectivity index (χ2v) is 6.51. The molecule has 2 aromatic heterocycles. The second kappa shape index (κ2) is 7.70. The third-order valence-corrected chi connectivity index (χ3v) is 4.62. The standard InChI is InChI=1S/C22H21N3O2/c1-26-14-15-9-10-19-21(12-15)27-25-22(19)18-8-3-2-7-17(18)20(23)13-16-6-4-5-11-24-16/h2-12,20H,13-14,23H2,1H3/t20-/m0/s1. The predicted octanol–water partition coefficient (Wildman–Crippen LogP) is 4.28. The first-order valence-electron chi connectivity index (χ1n) is 8.88. The number of rotatable bonds is 6. The molecule has 136 valence electrons. The third kappa shape index (κ3) is 3.60. The maximum atomic E-state index is 6.53. The van der Waals surface area contributed by atoms with Crippen molar-refractivity contribution in [3.05, 3.63) is 83.7 Å². The summed E-state index contributed by atoms with van der Waals surface area (Å²) in [6.45, 7) is 0.539. The van der Waals surface area contributed by atoms with Gasteiger partial charge in [-0.05, 0) is 35.4 Å². The Labute approximate surface area is 157 Å². The van der Waals surface area contributed by atoms with Crippen molar-refractivity contribution in [2.45, 2.75) is 19.1 Å². The van der Waals surface area contributed by atoms with Crippen LogP contribution < -0.4 is 5.73 Å². The van der Waals surface area contributed by atoms with Crippen molar-refractivity contribution in [2.24, 2.45) is 5.73 Å². The van der Waals surface area contributed by atoms with Crippen molar-refractivity contribution < 1.29 is 9.26 Å². The third-order valence-electron chi connectivity index (χ3n) is 4.62. The van der Waals surface area contributed by atoms with Crippen molar-refractivity contribution in [1.29, 1.82) is 0 Å². The van der Waals surface area contributed by atoms with E-state index in [1.807, 2.05) is 60.7 Å². The van der Waals surface area contributed by atoms with Gasteiger partial charge in [0.15, 0.2) is 5.58 Å². The van der Waals surface area contributed by atoms with E-state index >= 15 is 0 Å². The zero-order valence-electron chi connectivity index (χ0n) is 15.1. The van der Waals surface area contributed by atoms with E-state index in [1.165, 1.54) is 0 Å². The Balaban J connectivity index is 1.71. The van der Waals surface area contributed by atoms with Crippen LogP contribution in [0.3, 0.4) is 0 Å². The molecule has 4 rings (SSSR count). The van der Waals surface area contributed by atoms with Gasteiger partial charge in [0, 0.05) is 42.4 Å². The Morgan fingerprint density at radius 1 is 1.07 bits per heavy atom. The molecule has 0 fully saturated rings. The number of nitrogens with two attached hydrogens (primary N) is 1. The van der Waals surface area contributed by atoms with Crippen LogP contribution in [0.5, 0.6) is 0 Å². The number of aromatic nitrogens is 2. The van der Waals surface area contributed by atoms with Gasteiger partial charge in [0.05, 0.1) is 6.61 Å². The van der Waals surface area contributed by atoms with Gasteiger partial charge in [-0.3, -0.25) is 4.98 Å². The second-order valence-electron chi connectivity index (χ2n) is 6.51. The summed E-state index contributed by atoms with van der Waals surface area (Å²) < 4.78 is 10.8. The van der Waals surface area contributed by atoms with Crippen molar-refractivity contribution in [3.63, 3.8) is 0 Å². The zero-order valence-corrected chi connectivity index (χ0v) is 15.1. The summed E-state index contributed by atoms with van der Waals surface area (Å²) in [5.74, 6) is 0. The molecule has 1 atom stereocenters. The first-order chi connectivity index (χ1) is 13.3. The maximum absolute atomic E-state index is 6.53. The van der Waals surface area contributed by atoms with Gasteiger partial charge in [-0.2, -0.15) is 0 Å². The van der Waals surface area contributed by atoms with Gasteiger partial charge in [-0.25, -0.2) is 0 Å². The van der Waals surface area contributed by atoms with E-state index < -0.39 is 0 Å². The van der Waals surface area contributed by atoms with E-state index in [2.05, 4.69) is 10.1 Å². The lowest BCUT2D eigenvalue weighted by molar-refractivity contribution is 0.185. The van der Waals surface area contributed by atoms with Crippen LogP contribution in [0.25, 0.3) is 22.2 Å².